The molecule has 0 N–H and O–H groups in total. The van der Waals surface area contributed by atoms with E-state index in [4.69, 9.17) is 4.74 Å². The molecule has 5 nitrogen and oxygen atoms in total. The van der Waals surface area contributed by atoms with E-state index in [-0.39, 0.29) is 12.1 Å². The van der Waals surface area contributed by atoms with E-state index in [2.05, 4.69) is 51.5 Å². The molecule has 1 aliphatic heterocycles. The van der Waals surface area contributed by atoms with Crippen molar-refractivity contribution in [2.75, 3.05) is 24.5 Å². The molecule has 122 valence electrons. The molecule has 1 atom stereocenters. The van der Waals surface area contributed by atoms with Crippen molar-refractivity contribution in [2.45, 2.75) is 46.3 Å². The first kappa shape index (κ1) is 17.3. The van der Waals surface area contributed by atoms with Crippen molar-refractivity contribution >= 4 is 34.5 Å². The summed E-state index contributed by atoms with van der Waals surface area (Å²) in [6, 6.07) is 4.35. The Hall–Kier alpha value is -1.05. The molecular formula is C16H24IN3O2. The standard InChI is InChI=1S/C16H24IN3O2/c1-11-10-19(15(21)22-16(3,4)5)8-9-20(11)14-7-6-13(17)12(2)18-14/h6-7,11H,8-10H2,1-5H3. The molecule has 0 bridgehead atoms. The molecule has 0 aliphatic carbocycles. The SMILES string of the molecule is Cc1nc(N2CCN(C(=O)OC(C)(C)C)CC2C)ccc1I. The number of amides is 1. The third-order valence-electron chi connectivity index (χ3n) is 3.58. The summed E-state index contributed by atoms with van der Waals surface area (Å²) >= 11 is 2.29. The summed E-state index contributed by atoms with van der Waals surface area (Å²) in [6.07, 6.45) is -0.231. The van der Waals surface area contributed by atoms with Gasteiger partial charge in [0.25, 0.3) is 0 Å². The van der Waals surface area contributed by atoms with Crippen molar-refractivity contribution in [1.82, 2.24) is 9.88 Å². The lowest BCUT2D eigenvalue weighted by molar-refractivity contribution is 0.0218. The Bertz CT molecular complexity index is 557. The third-order valence-corrected chi connectivity index (χ3v) is 4.72. The molecule has 0 aromatic carbocycles. The van der Waals surface area contributed by atoms with Crippen LogP contribution in [0.2, 0.25) is 0 Å². The average Bonchev–Trinajstić information content (AvgIpc) is 2.40. The van der Waals surface area contributed by atoms with Gasteiger partial charge in [-0.15, -0.1) is 0 Å². The quantitative estimate of drug-likeness (QED) is 0.657. The maximum Gasteiger partial charge on any atom is 0.410 e. The van der Waals surface area contributed by atoms with Gasteiger partial charge in [-0.25, -0.2) is 9.78 Å². The van der Waals surface area contributed by atoms with Gasteiger partial charge in [0.05, 0.1) is 5.69 Å². The van der Waals surface area contributed by atoms with Crippen molar-refractivity contribution in [3.63, 3.8) is 0 Å². The molecule has 1 amide bonds. The van der Waals surface area contributed by atoms with Crippen molar-refractivity contribution in [3.05, 3.63) is 21.4 Å². The Labute approximate surface area is 146 Å². The van der Waals surface area contributed by atoms with E-state index in [1.165, 1.54) is 3.57 Å². The van der Waals surface area contributed by atoms with Gasteiger partial charge in [0.15, 0.2) is 0 Å². The van der Waals surface area contributed by atoms with Gasteiger partial charge in [-0.3, -0.25) is 0 Å². The molecule has 2 heterocycles. The molecule has 1 aliphatic rings. The average molecular weight is 417 g/mol. The number of hydrogen-bond donors (Lipinski definition) is 0. The van der Waals surface area contributed by atoms with Crippen LogP contribution in [0.15, 0.2) is 12.1 Å². The minimum atomic E-state index is -0.452. The highest BCUT2D eigenvalue weighted by molar-refractivity contribution is 14.1. The summed E-state index contributed by atoms with van der Waals surface area (Å²) in [4.78, 5) is 20.9. The summed E-state index contributed by atoms with van der Waals surface area (Å²) in [6.45, 7) is 11.9. The monoisotopic (exact) mass is 417 g/mol. The van der Waals surface area contributed by atoms with E-state index in [9.17, 15) is 4.79 Å². The van der Waals surface area contributed by atoms with E-state index in [0.717, 1.165) is 18.1 Å². The molecule has 1 fully saturated rings. The van der Waals surface area contributed by atoms with Gasteiger partial charge in [-0.05, 0) is 69.3 Å². The number of piperazine rings is 1. The van der Waals surface area contributed by atoms with Gasteiger partial charge in [-0.2, -0.15) is 0 Å². The largest absolute Gasteiger partial charge is 0.444 e. The van der Waals surface area contributed by atoms with E-state index >= 15 is 0 Å². The molecule has 1 aromatic heterocycles. The van der Waals surface area contributed by atoms with Crippen LogP contribution in [0, 0.1) is 10.5 Å². The molecule has 0 radical (unpaired) electrons. The van der Waals surface area contributed by atoms with Crippen LogP contribution in [0.3, 0.4) is 0 Å². The van der Waals surface area contributed by atoms with Crippen LogP contribution >= 0.6 is 22.6 Å². The summed E-state index contributed by atoms with van der Waals surface area (Å²) in [5, 5.41) is 0. The van der Waals surface area contributed by atoms with Crippen LogP contribution in [0.4, 0.5) is 10.6 Å². The number of hydrogen-bond acceptors (Lipinski definition) is 4. The molecule has 0 saturated carbocycles. The fourth-order valence-corrected chi connectivity index (χ4v) is 2.78. The lowest BCUT2D eigenvalue weighted by Crippen LogP contribution is -2.54. The van der Waals surface area contributed by atoms with Gasteiger partial charge >= 0.3 is 6.09 Å². The van der Waals surface area contributed by atoms with Crippen LogP contribution in [-0.2, 0) is 4.74 Å². The lowest BCUT2D eigenvalue weighted by atomic mass is 10.2. The molecule has 2 rings (SSSR count). The minimum absolute atomic E-state index is 0.216. The highest BCUT2D eigenvalue weighted by Gasteiger charge is 2.30. The van der Waals surface area contributed by atoms with Crippen molar-refractivity contribution in [3.8, 4) is 0 Å². The van der Waals surface area contributed by atoms with Gasteiger partial charge in [-0.1, -0.05) is 0 Å². The maximum absolute atomic E-state index is 12.2. The molecular weight excluding hydrogens is 393 g/mol. The highest BCUT2D eigenvalue weighted by Crippen LogP contribution is 2.22. The van der Waals surface area contributed by atoms with E-state index < -0.39 is 5.60 Å². The van der Waals surface area contributed by atoms with E-state index in [0.29, 0.717) is 13.1 Å². The normalized spacial score (nSPS) is 19.3. The molecule has 1 saturated heterocycles. The zero-order valence-electron chi connectivity index (χ0n) is 13.9. The first-order valence-electron chi connectivity index (χ1n) is 7.55. The number of halogens is 1. The molecule has 1 unspecified atom stereocenters. The van der Waals surface area contributed by atoms with E-state index in [1.807, 2.05) is 27.7 Å². The Morgan fingerprint density at radius 3 is 2.59 bits per heavy atom. The zero-order chi connectivity index (χ0) is 16.5. The van der Waals surface area contributed by atoms with Crippen molar-refractivity contribution < 1.29 is 9.53 Å². The fraction of sp³-hybridized carbons (Fsp3) is 0.625. The number of ether oxygens (including phenoxy) is 1. The highest BCUT2D eigenvalue weighted by atomic mass is 127. The summed E-state index contributed by atoms with van der Waals surface area (Å²) < 4.78 is 6.62. The van der Waals surface area contributed by atoms with Crippen LogP contribution in [0.25, 0.3) is 0 Å². The second-order valence-electron chi connectivity index (χ2n) is 6.71. The van der Waals surface area contributed by atoms with Gasteiger partial charge in [0.1, 0.15) is 11.4 Å². The number of aromatic nitrogens is 1. The second kappa shape index (κ2) is 6.60. The van der Waals surface area contributed by atoms with Crippen LogP contribution in [0.1, 0.15) is 33.4 Å². The second-order valence-corrected chi connectivity index (χ2v) is 7.87. The zero-order valence-corrected chi connectivity index (χ0v) is 16.0. The Morgan fingerprint density at radius 2 is 2.05 bits per heavy atom. The van der Waals surface area contributed by atoms with Gasteiger partial charge < -0.3 is 14.5 Å². The van der Waals surface area contributed by atoms with E-state index in [1.54, 1.807) is 4.90 Å². The number of nitrogens with zero attached hydrogens (tertiary/aromatic N) is 3. The molecule has 22 heavy (non-hydrogen) atoms. The number of rotatable bonds is 1. The number of carbonyl (C=O) groups is 1. The van der Waals surface area contributed by atoms with Crippen LogP contribution in [0.5, 0.6) is 0 Å². The smallest absolute Gasteiger partial charge is 0.410 e. The van der Waals surface area contributed by atoms with Gasteiger partial charge in [0, 0.05) is 29.2 Å². The Kier molecular flexibility index (Phi) is 5.19. The Morgan fingerprint density at radius 1 is 1.36 bits per heavy atom. The van der Waals surface area contributed by atoms with Crippen molar-refractivity contribution in [1.29, 1.82) is 0 Å². The van der Waals surface area contributed by atoms with Crippen LogP contribution in [-0.4, -0.2) is 47.3 Å². The first-order valence-corrected chi connectivity index (χ1v) is 8.63. The maximum atomic E-state index is 12.2. The molecule has 6 heteroatoms. The number of aryl methyl sites for hydroxylation is 1. The number of carbonyl (C=O) groups excluding carboxylic acids is 1. The molecule has 1 aromatic rings. The fourth-order valence-electron chi connectivity index (χ4n) is 2.48. The molecule has 0 spiro atoms. The topological polar surface area (TPSA) is 45.7 Å². The first-order chi connectivity index (χ1) is 10.2. The predicted octanol–water partition coefficient (Wildman–Crippen LogP) is 3.44. The van der Waals surface area contributed by atoms with Crippen LogP contribution < -0.4 is 4.90 Å². The van der Waals surface area contributed by atoms with Crippen molar-refractivity contribution in [2.24, 2.45) is 0 Å². The summed E-state index contributed by atoms with van der Waals surface area (Å²) in [5.74, 6) is 0.981. The number of anilines is 1. The summed E-state index contributed by atoms with van der Waals surface area (Å²) in [7, 11) is 0. The minimum Gasteiger partial charge on any atom is -0.444 e. The van der Waals surface area contributed by atoms with Gasteiger partial charge in [0.2, 0.25) is 0 Å². The lowest BCUT2D eigenvalue weighted by Gasteiger charge is -2.40. The summed E-state index contributed by atoms with van der Waals surface area (Å²) in [5.41, 5.74) is 0.589. The Balaban J connectivity index is 2.03. The third kappa shape index (κ3) is 4.24. The predicted molar refractivity (Wildman–Crippen MR) is 96.3 cm³/mol. The number of pyridine rings is 1.